The number of halogens is 2. The van der Waals surface area contributed by atoms with Crippen LogP contribution in [0, 0.1) is 5.82 Å². The van der Waals surface area contributed by atoms with Crippen LogP contribution >= 0.6 is 15.9 Å². The molecule has 84 valence electrons. The van der Waals surface area contributed by atoms with Gasteiger partial charge in [0.05, 0.1) is 11.9 Å². The van der Waals surface area contributed by atoms with Gasteiger partial charge in [-0.1, -0.05) is 22.0 Å². The molecule has 0 bridgehead atoms. The summed E-state index contributed by atoms with van der Waals surface area (Å²) in [6.45, 7) is 0. The van der Waals surface area contributed by atoms with Crippen molar-refractivity contribution in [3.63, 3.8) is 0 Å². The standard InChI is InChI=1S/C9H10BrFO3S/c1-15(13,14)5-9(12)7-3-2-6(11)4-8(7)10/h2-4,9,12H,5H2,1H3. The summed E-state index contributed by atoms with van der Waals surface area (Å²) < 4.78 is 35.0. The Balaban J connectivity index is 2.97. The fraction of sp³-hybridized carbons (Fsp3) is 0.333. The Bertz CT molecular complexity index is 458. The number of aliphatic hydroxyl groups excluding tert-OH is 1. The van der Waals surface area contributed by atoms with Gasteiger partial charge in [0.25, 0.3) is 0 Å². The van der Waals surface area contributed by atoms with Crippen LogP contribution in [-0.2, 0) is 9.84 Å². The van der Waals surface area contributed by atoms with E-state index in [4.69, 9.17) is 0 Å². The summed E-state index contributed by atoms with van der Waals surface area (Å²) in [6.07, 6.45) is -0.108. The topological polar surface area (TPSA) is 54.4 Å². The second kappa shape index (κ2) is 4.59. The van der Waals surface area contributed by atoms with Gasteiger partial charge < -0.3 is 5.11 Å². The Labute approximate surface area is 96.0 Å². The molecule has 1 N–H and O–H groups in total. The van der Waals surface area contributed by atoms with Gasteiger partial charge in [-0.3, -0.25) is 0 Å². The first-order valence-electron chi connectivity index (χ1n) is 4.10. The van der Waals surface area contributed by atoms with E-state index in [0.29, 0.717) is 10.0 Å². The van der Waals surface area contributed by atoms with Gasteiger partial charge in [0, 0.05) is 10.7 Å². The van der Waals surface area contributed by atoms with Crippen molar-refractivity contribution in [3.8, 4) is 0 Å². The van der Waals surface area contributed by atoms with E-state index in [-0.39, 0.29) is 5.75 Å². The molecule has 1 unspecified atom stereocenters. The fourth-order valence-electron chi connectivity index (χ4n) is 1.15. The lowest BCUT2D eigenvalue weighted by Crippen LogP contribution is -2.13. The average molecular weight is 297 g/mol. The molecule has 0 aliphatic heterocycles. The van der Waals surface area contributed by atoms with Gasteiger partial charge in [-0.25, -0.2) is 12.8 Å². The summed E-state index contributed by atoms with van der Waals surface area (Å²) >= 11 is 3.06. The van der Waals surface area contributed by atoms with Crippen molar-refractivity contribution >= 4 is 25.8 Å². The lowest BCUT2D eigenvalue weighted by molar-refractivity contribution is 0.201. The van der Waals surface area contributed by atoms with Gasteiger partial charge in [0.15, 0.2) is 0 Å². The Morgan fingerprint density at radius 2 is 2.13 bits per heavy atom. The van der Waals surface area contributed by atoms with Crippen LogP contribution in [0.3, 0.4) is 0 Å². The number of hydrogen-bond donors (Lipinski definition) is 1. The Kier molecular flexibility index (Phi) is 3.86. The first kappa shape index (κ1) is 12.6. The van der Waals surface area contributed by atoms with Gasteiger partial charge in [-0.15, -0.1) is 0 Å². The minimum absolute atomic E-state index is 0.360. The molecule has 15 heavy (non-hydrogen) atoms. The zero-order valence-corrected chi connectivity index (χ0v) is 10.3. The van der Waals surface area contributed by atoms with Gasteiger partial charge in [-0.05, 0) is 17.7 Å². The van der Waals surface area contributed by atoms with E-state index < -0.39 is 21.8 Å². The smallest absolute Gasteiger partial charge is 0.150 e. The predicted octanol–water partition coefficient (Wildman–Crippen LogP) is 1.67. The molecular weight excluding hydrogens is 287 g/mol. The monoisotopic (exact) mass is 296 g/mol. The van der Waals surface area contributed by atoms with E-state index in [1.54, 1.807) is 0 Å². The highest BCUT2D eigenvalue weighted by Crippen LogP contribution is 2.25. The van der Waals surface area contributed by atoms with E-state index in [2.05, 4.69) is 15.9 Å². The highest BCUT2D eigenvalue weighted by Gasteiger charge is 2.17. The molecule has 0 radical (unpaired) electrons. The molecule has 1 aromatic carbocycles. The molecular formula is C9H10BrFO3S. The largest absolute Gasteiger partial charge is 0.387 e. The van der Waals surface area contributed by atoms with Crippen LogP contribution in [0.15, 0.2) is 22.7 Å². The summed E-state index contributed by atoms with van der Waals surface area (Å²) in [6, 6.07) is 3.71. The number of hydrogen-bond acceptors (Lipinski definition) is 3. The molecule has 0 aliphatic carbocycles. The summed E-state index contributed by atoms with van der Waals surface area (Å²) in [5.41, 5.74) is 0.363. The van der Waals surface area contributed by atoms with Crippen molar-refractivity contribution in [2.45, 2.75) is 6.10 Å². The van der Waals surface area contributed by atoms with Crippen LogP contribution in [0.2, 0.25) is 0 Å². The first-order valence-corrected chi connectivity index (χ1v) is 6.95. The minimum atomic E-state index is -3.26. The van der Waals surface area contributed by atoms with Crippen molar-refractivity contribution < 1.29 is 17.9 Å². The summed E-state index contributed by atoms with van der Waals surface area (Å²) in [4.78, 5) is 0. The number of sulfone groups is 1. The van der Waals surface area contributed by atoms with Crippen molar-refractivity contribution in [1.29, 1.82) is 0 Å². The van der Waals surface area contributed by atoms with Crippen LogP contribution < -0.4 is 0 Å². The zero-order valence-electron chi connectivity index (χ0n) is 7.94. The number of benzene rings is 1. The van der Waals surface area contributed by atoms with E-state index >= 15 is 0 Å². The lowest BCUT2D eigenvalue weighted by atomic mass is 10.1. The molecule has 3 nitrogen and oxygen atoms in total. The van der Waals surface area contributed by atoms with E-state index in [1.165, 1.54) is 18.2 Å². The quantitative estimate of drug-likeness (QED) is 0.923. The molecule has 1 atom stereocenters. The molecule has 0 saturated heterocycles. The van der Waals surface area contributed by atoms with Gasteiger partial charge >= 0.3 is 0 Å². The molecule has 0 amide bonds. The van der Waals surface area contributed by atoms with Crippen LogP contribution in [0.25, 0.3) is 0 Å². The van der Waals surface area contributed by atoms with Crippen LogP contribution in [0.5, 0.6) is 0 Å². The third-order valence-electron chi connectivity index (χ3n) is 1.78. The SMILES string of the molecule is CS(=O)(=O)CC(O)c1ccc(F)cc1Br. The zero-order chi connectivity index (χ0) is 11.6. The van der Waals surface area contributed by atoms with Crippen LogP contribution in [0.4, 0.5) is 4.39 Å². The predicted molar refractivity (Wildman–Crippen MR) is 58.8 cm³/mol. The normalized spacial score (nSPS) is 13.9. The van der Waals surface area contributed by atoms with Crippen molar-refractivity contribution in [3.05, 3.63) is 34.1 Å². The van der Waals surface area contributed by atoms with Gasteiger partial charge in [0.2, 0.25) is 0 Å². The summed E-state index contributed by atoms with van der Waals surface area (Å²) in [5.74, 6) is -0.825. The van der Waals surface area contributed by atoms with Crippen molar-refractivity contribution in [2.75, 3.05) is 12.0 Å². The van der Waals surface area contributed by atoms with Gasteiger partial charge in [0.1, 0.15) is 15.7 Å². The third kappa shape index (κ3) is 3.89. The number of rotatable bonds is 3. The lowest BCUT2D eigenvalue weighted by Gasteiger charge is -2.11. The number of aliphatic hydroxyl groups is 1. The highest BCUT2D eigenvalue weighted by atomic mass is 79.9. The average Bonchev–Trinajstić information content (AvgIpc) is 1.99. The second-order valence-corrected chi connectivity index (χ2v) is 6.31. The molecule has 1 aromatic rings. The molecule has 0 spiro atoms. The summed E-state index contributed by atoms with van der Waals surface area (Å²) in [5, 5.41) is 9.60. The summed E-state index contributed by atoms with van der Waals surface area (Å²) in [7, 11) is -3.26. The van der Waals surface area contributed by atoms with Crippen molar-refractivity contribution in [2.24, 2.45) is 0 Å². The Morgan fingerprint density at radius 1 is 1.53 bits per heavy atom. The second-order valence-electron chi connectivity index (χ2n) is 3.27. The molecule has 1 rings (SSSR count). The molecule has 0 aromatic heterocycles. The molecule has 0 aliphatic rings. The molecule has 0 fully saturated rings. The maximum absolute atomic E-state index is 12.7. The maximum atomic E-state index is 12.7. The minimum Gasteiger partial charge on any atom is -0.387 e. The Morgan fingerprint density at radius 3 is 2.60 bits per heavy atom. The van der Waals surface area contributed by atoms with Crippen LogP contribution in [0.1, 0.15) is 11.7 Å². The highest BCUT2D eigenvalue weighted by molar-refractivity contribution is 9.10. The van der Waals surface area contributed by atoms with E-state index in [1.807, 2.05) is 0 Å². The molecule has 0 heterocycles. The molecule has 6 heteroatoms. The van der Waals surface area contributed by atoms with E-state index in [9.17, 15) is 17.9 Å². The Hall–Kier alpha value is -0.460. The third-order valence-corrected chi connectivity index (χ3v) is 3.39. The van der Waals surface area contributed by atoms with Crippen LogP contribution in [-0.4, -0.2) is 25.5 Å². The maximum Gasteiger partial charge on any atom is 0.150 e. The fourth-order valence-corrected chi connectivity index (χ4v) is 2.52. The molecule has 0 saturated carbocycles. The van der Waals surface area contributed by atoms with E-state index in [0.717, 1.165) is 6.26 Å². The van der Waals surface area contributed by atoms with Gasteiger partial charge in [-0.2, -0.15) is 0 Å². The van der Waals surface area contributed by atoms with Crippen molar-refractivity contribution in [1.82, 2.24) is 0 Å². The first-order chi connectivity index (χ1) is 6.79.